The van der Waals surface area contributed by atoms with Crippen LogP contribution in [0.2, 0.25) is 12.1 Å². The number of nitrogens with zero attached hydrogens (tertiary/aromatic N) is 1. The van der Waals surface area contributed by atoms with E-state index in [-0.39, 0.29) is 8.96 Å². The summed E-state index contributed by atoms with van der Waals surface area (Å²) in [4.78, 5) is 0. The van der Waals surface area contributed by atoms with Crippen LogP contribution in [0.3, 0.4) is 0 Å². The van der Waals surface area contributed by atoms with Gasteiger partial charge in [0.15, 0.2) is 8.96 Å². The van der Waals surface area contributed by atoms with Gasteiger partial charge in [0, 0.05) is 17.2 Å². The van der Waals surface area contributed by atoms with Crippen molar-refractivity contribution in [3.63, 3.8) is 0 Å². The van der Waals surface area contributed by atoms with Crippen LogP contribution in [0.15, 0.2) is 30.5 Å². The zero-order valence-corrected chi connectivity index (χ0v) is 12.4. The molecule has 0 atom stereocenters. The first-order chi connectivity index (χ1) is 7.76. The lowest BCUT2D eigenvalue weighted by atomic mass is 10.1. The van der Waals surface area contributed by atoms with Gasteiger partial charge in [-0.3, -0.25) is 0 Å². The van der Waals surface area contributed by atoms with E-state index in [9.17, 15) is 0 Å². The number of fused-ring (bicyclic) bond motifs is 1. The van der Waals surface area contributed by atoms with Gasteiger partial charge in [-0.15, -0.1) is 0 Å². The highest BCUT2D eigenvalue weighted by atomic mass is 79.9. The van der Waals surface area contributed by atoms with E-state index in [1.54, 1.807) is 0 Å². The van der Waals surface area contributed by atoms with Gasteiger partial charge < -0.3 is 4.57 Å². The molecule has 1 aromatic rings. The van der Waals surface area contributed by atoms with Crippen molar-refractivity contribution in [1.82, 2.24) is 4.57 Å². The molecule has 0 bridgehead atoms. The molecule has 3 heteroatoms. The van der Waals surface area contributed by atoms with E-state index in [0.717, 1.165) is 6.54 Å². The maximum absolute atomic E-state index is 3.69. The molecular formula is C13H17BrNSi. The van der Waals surface area contributed by atoms with E-state index in [0.29, 0.717) is 0 Å². The normalized spacial score (nSPS) is 15.0. The summed E-state index contributed by atoms with van der Waals surface area (Å²) in [5.41, 5.74) is 2.80. The second-order valence-electron chi connectivity index (χ2n) is 4.04. The molecule has 0 fully saturated rings. The van der Waals surface area contributed by atoms with Gasteiger partial charge in [0.2, 0.25) is 0 Å². The van der Waals surface area contributed by atoms with E-state index in [1.165, 1.54) is 27.7 Å². The van der Waals surface area contributed by atoms with E-state index in [4.69, 9.17) is 0 Å². The van der Waals surface area contributed by atoms with Crippen LogP contribution in [-0.4, -0.2) is 13.5 Å². The van der Waals surface area contributed by atoms with Gasteiger partial charge >= 0.3 is 0 Å². The van der Waals surface area contributed by atoms with Crippen LogP contribution in [0.25, 0.3) is 4.48 Å². The van der Waals surface area contributed by atoms with Crippen LogP contribution in [0.1, 0.15) is 25.0 Å². The molecule has 0 unspecified atom stereocenters. The largest absolute Gasteiger partial charge is 0.398 e. The average Bonchev–Trinajstić information content (AvgIpc) is 2.31. The second kappa shape index (κ2) is 5.19. The molecule has 1 aliphatic heterocycles. The third-order valence-corrected chi connectivity index (χ3v) is 6.47. The van der Waals surface area contributed by atoms with Crippen molar-refractivity contribution in [1.29, 1.82) is 0 Å². The molecule has 0 spiro atoms. The molecule has 0 aliphatic carbocycles. The summed E-state index contributed by atoms with van der Waals surface area (Å²) >= 11 is 3.69. The number of rotatable bonds is 3. The predicted molar refractivity (Wildman–Crippen MR) is 75.6 cm³/mol. The van der Waals surface area contributed by atoms with E-state index in [1.807, 2.05) is 0 Å². The average molecular weight is 295 g/mol. The number of hydrogen-bond donors (Lipinski definition) is 0. The maximum atomic E-state index is 3.69. The number of hydrogen-bond acceptors (Lipinski definition) is 1. The Labute approximate surface area is 108 Å². The fourth-order valence-corrected chi connectivity index (χ4v) is 5.03. The molecule has 1 radical (unpaired) electrons. The molecule has 1 aliphatic rings. The Morgan fingerprint density at radius 3 is 2.62 bits per heavy atom. The van der Waals surface area contributed by atoms with Crippen molar-refractivity contribution >= 4 is 29.4 Å². The first kappa shape index (κ1) is 11.9. The molecule has 85 valence electrons. The lowest BCUT2D eigenvalue weighted by Crippen LogP contribution is -2.35. The Morgan fingerprint density at radius 2 is 1.94 bits per heavy atom. The van der Waals surface area contributed by atoms with Gasteiger partial charge in [-0.05, 0) is 39.1 Å². The third kappa shape index (κ3) is 2.25. The van der Waals surface area contributed by atoms with Crippen LogP contribution in [0.5, 0.6) is 0 Å². The Morgan fingerprint density at radius 1 is 1.25 bits per heavy atom. The highest BCUT2D eigenvalue weighted by molar-refractivity contribution is 9.15. The fraction of sp³-hybridized carbons (Fsp3) is 0.385. The summed E-state index contributed by atoms with van der Waals surface area (Å²) in [7, 11) is -0.371. The molecule has 0 N–H and O–H groups in total. The molecular weight excluding hydrogens is 278 g/mol. The van der Waals surface area contributed by atoms with Crippen LogP contribution in [0.4, 0.5) is 0 Å². The molecule has 0 amide bonds. The van der Waals surface area contributed by atoms with Gasteiger partial charge in [-0.25, -0.2) is 0 Å². The van der Waals surface area contributed by atoms with E-state index < -0.39 is 0 Å². The second-order valence-corrected chi connectivity index (χ2v) is 8.01. The third-order valence-electron chi connectivity index (χ3n) is 3.11. The van der Waals surface area contributed by atoms with E-state index in [2.05, 4.69) is 64.8 Å². The van der Waals surface area contributed by atoms with Crippen molar-refractivity contribution in [2.24, 2.45) is 0 Å². The number of halogens is 1. The number of benzene rings is 1. The summed E-state index contributed by atoms with van der Waals surface area (Å²) < 4.78 is 3.79. The maximum Gasteiger partial charge on any atom is 0.168 e. The fourth-order valence-electron chi connectivity index (χ4n) is 2.19. The van der Waals surface area contributed by atoms with Gasteiger partial charge in [-0.2, -0.15) is 0 Å². The highest BCUT2D eigenvalue weighted by Gasteiger charge is 2.21. The van der Waals surface area contributed by atoms with Gasteiger partial charge in [0.1, 0.15) is 0 Å². The first-order valence-corrected chi connectivity index (χ1v) is 8.48. The van der Waals surface area contributed by atoms with Crippen LogP contribution in [-0.2, 0) is 6.54 Å². The van der Waals surface area contributed by atoms with Crippen molar-refractivity contribution < 1.29 is 0 Å². The van der Waals surface area contributed by atoms with Crippen LogP contribution in [0, 0.1) is 0 Å². The minimum atomic E-state index is -0.371. The standard InChI is InChI=1S/C13H17BrNSi/c1-3-16(4-2)15-9-11-7-5-6-8-12(11)13(14)10-15/h5-8,10H,3-4,9H2,1-2H3. The lowest BCUT2D eigenvalue weighted by molar-refractivity contribution is 0.558. The summed E-state index contributed by atoms with van der Waals surface area (Å²) in [6.07, 6.45) is 2.30. The SMILES string of the molecule is CC[Si](CC)N1C=C(Br)c2ccccc2C1. The molecule has 0 saturated carbocycles. The summed E-state index contributed by atoms with van der Waals surface area (Å²) in [5, 5.41) is 0. The van der Waals surface area contributed by atoms with Crippen LogP contribution >= 0.6 is 15.9 Å². The molecule has 1 heterocycles. The first-order valence-electron chi connectivity index (χ1n) is 5.83. The van der Waals surface area contributed by atoms with Gasteiger partial charge in [-0.1, -0.05) is 38.1 Å². The monoisotopic (exact) mass is 294 g/mol. The molecule has 1 aromatic carbocycles. The predicted octanol–water partition coefficient (Wildman–Crippen LogP) is 4.23. The van der Waals surface area contributed by atoms with E-state index >= 15 is 0 Å². The van der Waals surface area contributed by atoms with Crippen molar-refractivity contribution in [3.8, 4) is 0 Å². The van der Waals surface area contributed by atoms with Crippen molar-refractivity contribution in [2.45, 2.75) is 32.5 Å². The molecule has 2 rings (SSSR count). The Hall–Kier alpha value is -0.543. The topological polar surface area (TPSA) is 3.24 Å². The molecule has 0 aromatic heterocycles. The van der Waals surface area contributed by atoms with Crippen molar-refractivity contribution in [2.75, 3.05) is 0 Å². The Bertz CT molecular complexity index is 399. The minimum absolute atomic E-state index is 0.371. The van der Waals surface area contributed by atoms with Crippen LogP contribution < -0.4 is 0 Å². The summed E-state index contributed by atoms with van der Waals surface area (Å²) in [5.74, 6) is 0. The van der Waals surface area contributed by atoms with Gasteiger partial charge in [0.05, 0.1) is 0 Å². The zero-order valence-electron chi connectivity index (χ0n) is 9.83. The highest BCUT2D eigenvalue weighted by Crippen LogP contribution is 2.31. The van der Waals surface area contributed by atoms with Gasteiger partial charge in [0.25, 0.3) is 0 Å². The summed E-state index contributed by atoms with van der Waals surface area (Å²) in [6, 6.07) is 11.3. The zero-order chi connectivity index (χ0) is 11.5. The molecule has 16 heavy (non-hydrogen) atoms. The molecule has 0 saturated heterocycles. The summed E-state index contributed by atoms with van der Waals surface area (Å²) in [6.45, 7) is 5.70. The Kier molecular flexibility index (Phi) is 3.87. The molecule has 1 nitrogen and oxygen atoms in total. The van der Waals surface area contributed by atoms with Crippen molar-refractivity contribution in [3.05, 3.63) is 41.6 Å². The quantitative estimate of drug-likeness (QED) is 0.754. The Balaban J connectivity index is 2.29. The smallest absolute Gasteiger partial charge is 0.168 e. The lowest BCUT2D eigenvalue weighted by Gasteiger charge is -2.32. The minimum Gasteiger partial charge on any atom is -0.398 e.